The van der Waals surface area contributed by atoms with E-state index in [-0.39, 0.29) is 11.7 Å². The van der Waals surface area contributed by atoms with E-state index < -0.39 is 12.1 Å². The van der Waals surface area contributed by atoms with E-state index in [9.17, 15) is 14.3 Å². The zero-order valence-corrected chi connectivity index (χ0v) is 11.2. The standard InChI is InChI=1S/C14H14FNO2S/c1-9(16-14(18)12-3-2-8-19-12)13(17)10-4-6-11(15)7-5-10/h2-9,13,17H,1H3,(H,16,18). The first-order chi connectivity index (χ1) is 9.08. The molecule has 1 aromatic carbocycles. The third-order valence-corrected chi connectivity index (χ3v) is 3.66. The number of hydrogen-bond donors (Lipinski definition) is 2. The fraction of sp³-hybridized carbons (Fsp3) is 0.214. The largest absolute Gasteiger partial charge is 0.386 e. The number of carbonyl (C=O) groups is 1. The first kappa shape index (κ1) is 13.7. The Kier molecular flexibility index (Phi) is 4.29. The number of benzene rings is 1. The molecule has 1 heterocycles. The minimum absolute atomic E-state index is 0.219. The van der Waals surface area contributed by atoms with Crippen LogP contribution in [0.3, 0.4) is 0 Å². The second-order valence-corrected chi connectivity index (χ2v) is 5.18. The van der Waals surface area contributed by atoms with Crippen molar-refractivity contribution in [2.24, 2.45) is 0 Å². The Hall–Kier alpha value is -1.72. The lowest BCUT2D eigenvalue weighted by Gasteiger charge is -2.20. The van der Waals surface area contributed by atoms with Crippen molar-refractivity contribution in [1.82, 2.24) is 5.32 Å². The van der Waals surface area contributed by atoms with Crippen molar-refractivity contribution in [2.45, 2.75) is 19.1 Å². The number of halogens is 1. The maximum absolute atomic E-state index is 12.8. The third-order valence-electron chi connectivity index (χ3n) is 2.79. The van der Waals surface area contributed by atoms with Crippen molar-refractivity contribution in [3.63, 3.8) is 0 Å². The SMILES string of the molecule is CC(NC(=O)c1cccs1)C(O)c1ccc(F)cc1. The van der Waals surface area contributed by atoms with Crippen LogP contribution in [-0.2, 0) is 0 Å². The normalized spacial score (nSPS) is 13.8. The second-order valence-electron chi connectivity index (χ2n) is 4.24. The van der Waals surface area contributed by atoms with Crippen LogP contribution in [0.15, 0.2) is 41.8 Å². The highest BCUT2D eigenvalue weighted by atomic mass is 32.1. The maximum Gasteiger partial charge on any atom is 0.261 e. The molecule has 1 amide bonds. The van der Waals surface area contributed by atoms with Gasteiger partial charge in [-0.1, -0.05) is 18.2 Å². The number of aliphatic hydroxyl groups is 1. The highest BCUT2D eigenvalue weighted by Gasteiger charge is 2.19. The van der Waals surface area contributed by atoms with Gasteiger partial charge in [0.25, 0.3) is 5.91 Å². The molecule has 100 valence electrons. The van der Waals surface area contributed by atoms with Crippen LogP contribution in [0, 0.1) is 5.82 Å². The van der Waals surface area contributed by atoms with E-state index >= 15 is 0 Å². The quantitative estimate of drug-likeness (QED) is 0.904. The molecule has 0 aliphatic rings. The predicted octanol–water partition coefficient (Wildman–Crippen LogP) is 2.74. The van der Waals surface area contributed by atoms with Crippen LogP contribution in [0.4, 0.5) is 4.39 Å². The predicted molar refractivity (Wildman–Crippen MR) is 72.6 cm³/mol. The van der Waals surface area contributed by atoms with Gasteiger partial charge in [-0.05, 0) is 36.1 Å². The van der Waals surface area contributed by atoms with Crippen molar-refractivity contribution in [2.75, 3.05) is 0 Å². The van der Waals surface area contributed by atoms with E-state index in [1.54, 1.807) is 19.1 Å². The molecule has 0 radical (unpaired) electrons. The molecular weight excluding hydrogens is 265 g/mol. The number of nitrogens with one attached hydrogen (secondary N) is 1. The van der Waals surface area contributed by atoms with Gasteiger partial charge in [-0.15, -0.1) is 11.3 Å². The number of thiophene rings is 1. The summed E-state index contributed by atoms with van der Waals surface area (Å²) in [6.45, 7) is 1.71. The zero-order valence-electron chi connectivity index (χ0n) is 10.3. The van der Waals surface area contributed by atoms with Crippen molar-refractivity contribution in [3.8, 4) is 0 Å². The monoisotopic (exact) mass is 279 g/mol. The lowest BCUT2D eigenvalue weighted by atomic mass is 10.0. The summed E-state index contributed by atoms with van der Waals surface area (Å²) in [6.07, 6.45) is -0.871. The van der Waals surface area contributed by atoms with Gasteiger partial charge in [0, 0.05) is 0 Å². The molecule has 1 aromatic heterocycles. The summed E-state index contributed by atoms with van der Waals surface area (Å²) >= 11 is 1.34. The van der Waals surface area contributed by atoms with E-state index in [0.717, 1.165) is 0 Å². The van der Waals surface area contributed by atoms with Crippen LogP contribution in [0.25, 0.3) is 0 Å². The zero-order chi connectivity index (χ0) is 13.8. The molecule has 5 heteroatoms. The summed E-state index contributed by atoms with van der Waals surface area (Å²) in [5.41, 5.74) is 0.570. The van der Waals surface area contributed by atoms with Gasteiger partial charge in [0.1, 0.15) is 5.82 Å². The average molecular weight is 279 g/mol. The summed E-state index contributed by atoms with van der Waals surface area (Å²) in [4.78, 5) is 12.4. The van der Waals surface area contributed by atoms with Gasteiger partial charge < -0.3 is 10.4 Å². The van der Waals surface area contributed by atoms with Crippen LogP contribution < -0.4 is 5.32 Å². The topological polar surface area (TPSA) is 49.3 Å². The van der Waals surface area contributed by atoms with E-state index in [1.807, 2.05) is 5.38 Å². The van der Waals surface area contributed by atoms with E-state index in [0.29, 0.717) is 10.4 Å². The molecule has 2 unspecified atom stereocenters. The Morgan fingerprint density at radius 2 is 2.00 bits per heavy atom. The average Bonchev–Trinajstić information content (AvgIpc) is 2.92. The third kappa shape index (κ3) is 3.39. The minimum atomic E-state index is -0.871. The molecule has 2 rings (SSSR count). The summed E-state index contributed by atoms with van der Waals surface area (Å²) in [5.74, 6) is -0.574. The van der Waals surface area contributed by atoms with Gasteiger partial charge in [0.2, 0.25) is 0 Å². The minimum Gasteiger partial charge on any atom is -0.386 e. The number of rotatable bonds is 4. The van der Waals surface area contributed by atoms with Crippen LogP contribution in [0.1, 0.15) is 28.3 Å². The molecule has 2 atom stereocenters. The van der Waals surface area contributed by atoms with Crippen LogP contribution in [0.5, 0.6) is 0 Å². The lowest BCUT2D eigenvalue weighted by molar-refractivity contribution is 0.0856. The smallest absolute Gasteiger partial charge is 0.261 e. The van der Waals surface area contributed by atoms with Gasteiger partial charge in [0.05, 0.1) is 17.0 Å². The fourth-order valence-electron chi connectivity index (χ4n) is 1.71. The summed E-state index contributed by atoms with van der Waals surface area (Å²) in [7, 11) is 0. The van der Waals surface area contributed by atoms with E-state index in [1.165, 1.54) is 35.6 Å². The van der Waals surface area contributed by atoms with Crippen LogP contribution >= 0.6 is 11.3 Å². The molecule has 2 N–H and O–H groups in total. The fourth-order valence-corrected chi connectivity index (χ4v) is 2.34. The van der Waals surface area contributed by atoms with E-state index in [4.69, 9.17) is 0 Å². The highest BCUT2D eigenvalue weighted by molar-refractivity contribution is 7.12. The molecule has 0 fully saturated rings. The summed E-state index contributed by atoms with van der Waals surface area (Å²) in [6, 6.07) is 8.64. The lowest BCUT2D eigenvalue weighted by Crippen LogP contribution is -2.36. The molecule has 0 aliphatic carbocycles. The number of hydrogen-bond acceptors (Lipinski definition) is 3. The van der Waals surface area contributed by atoms with Crippen LogP contribution in [0.2, 0.25) is 0 Å². The summed E-state index contributed by atoms with van der Waals surface area (Å²) in [5, 5.41) is 14.6. The molecule has 3 nitrogen and oxygen atoms in total. The Balaban J connectivity index is 2.01. The number of aliphatic hydroxyl groups excluding tert-OH is 1. The molecule has 0 saturated heterocycles. The van der Waals surface area contributed by atoms with Gasteiger partial charge in [-0.3, -0.25) is 4.79 Å². The van der Waals surface area contributed by atoms with Gasteiger partial charge in [0.15, 0.2) is 0 Å². The van der Waals surface area contributed by atoms with Crippen molar-refractivity contribution < 1.29 is 14.3 Å². The Morgan fingerprint density at radius 1 is 1.32 bits per heavy atom. The second kappa shape index (κ2) is 5.95. The Labute approximate surface area is 114 Å². The van der Waals surface area contributed by atoms with Gasteiger partial charge >= 0.3 is 0 Å². The number of carbonyl (C=O) groups excluding carboxylic acids is 1. The number of amides is 1. The van der Waals surface area contributed by atoms with Crippen molar-refractivity contribution >= 4 is 17.2 Å². The first-order valence-electron chi connectivity index (χ1n) is 5.86. The van der Waals surface area contributed by atoms with Gasteiger partial charge in [-0.2, -0.15) is 0 Å². The highest BCUT2D eigenvalue weighted by Crippen LogP contribution is 2.18. The molecule has 19 heavy (non-hydrogen) atoms. The molecule has 0 bridgehead atoms. The molecule has 0 saturated carbocycles. The van der Waals surface area contributed by atoms with Crippen LogP contribution in [-0.4, -0.2) is 17.1 Å². The molecule has 0 spiro atoms. The maximum atomic E-state index is 12.8. The Bertz CT molecular complexity index is 539. The van der Waals surface area contributed by atoms with Crippen molar-refractivity contribution in [1.29, 1.82) is 0 Å². The van der Waals surface area contributed by atoms with Gasteiger partial charge in [-0.25, -0.2) is 4.39 Å². The molecule has 2 aromatic rings. The summed E-state index contributed by atoms with van der Waals surface area (Å²) < 4.78 is 12.8. The van der Waals surface area contributed by atoms with E-state index in [2.05, 4.69) is 5.32 Å². The molecular formula is C14H14FNO2S. The van der Waals surface area contributed by atoms with Crippen molar-refractivity contribution in [3.05, 3.63) is 58.0 Å². The Morgan fingerprint density at radius 3 is 2.58 bits per heavy atom. The molecule has 0 aliphatic heterocycles. The first-order valence-corrected chi connectivity index (χ1v) is 6.74.